The van der Waals surface area contributed by atoms with Crippen molar-refractivity contribution in [1.29, 1.82) is 0 Å². The van der Waals surface area contributed by atoms with Crippen molar-refractivity contribution < 1.29 is 0 Å². The Bertz CT molecular complexity index is 136. The molecule has 0 bridgehead atoms. The summed E-state index contributed by atoms with van der Waals surface area (Å²) in [5.41, 5.74) is 0.366. The van der Waals surface area contributed by atoms with Crippen molar-refractivity contribution in [1.82, 2.24) is 10.2 Å². The number of hydrogen-bond acceptors (Lipinski definition) is 2. The highest BCUT2D eigenvalue weighted by Crippen LogP contribution is 2.21. The third kappa shape index (κ3) is 6.39. The van der Waals surface area contributed by atoms with Gasteiger partial charge in [-0.3, -0.25) is 0 Å². The number of nitrogens with zero attached hydrogens (tertiary/aromatic N) is 1. The fourth-order valence-electron chi connectivity index (χ4n) is 1.55. The summed E-state index contributed by atoms with van der Waals surface area (Å²) in [4.78, 5) is 2.26. The molecule has 0 radical (unpaired) electrons. The minimum atomic E-state index is 0.366. The van der Waals surface area contributed by atoms with Gasteiger partial charge in [0.2, 0.25) is 0 Å². The molecule has 86 valence electrons. The summed E-state index contributed by atoms with van der Waals surface area (Å²) in [6, 6.07) is 0.629. The van der Waals surface area contributed by atoms with Crippen LogP contribution in [0.4, 0.5) is 0 Å². The van der Waals surface area contributed by atoms with Gasteiger partial charge in [-0.2, -0.15) is 0 Å². The zero-order chi connectivity index (χ0) is 11.2. The Morgan fingerprint density at radius 1 is 1.21 bits per heavy atom. The lowest BCUT2D eigenvalue weighted by atomic mass is 9.84. The van der Waals surface area contributed by atoms with E-state index < -0.39 is 0 Å². The predicted molar refractivity (Wildman–Crippen MR) is 64.7 cm³/mol. The molecule has 0 saturated heterocycles. The van der Waals surface area contributed by atoms with Crippen LogP contribution in [-0.2, 0) is 0 Å². The molecular weight excluding hydrogens is 172 g/mol. The van der Waals surface area contributed by atoms with Gasteiger partial charge in [-0.1, -0.05) is 27.7 Å². The molecule has 1 unspecified atom stereocenters. The second-order valence-electron chi connectivity index (χ2n) is 5.46. The molecule has 0 spiro atoms. The molecule has 0 saturated carbocycles. The molecule has 0 aliphatic rings. The molecule has 2 nitrogen and oxygen atoms in total. The van der Waals surface area contributed by atoms with Gasteiger partial charge in [0.25, 0.3) is 0 Å². The van der Waals surface area contributed by atoms with Gasteiger partial charge in [-0.05, 0) is 45.4 Å². The number of nitrogens with one attached hydrogen (secondary N) is 1. The van der Waals surface area contributed by atoms with Crippen LogP contribution in [0.25, 0.3) is 0 Å². The van der Waals surface area contributed by atoms with Crippen LogP contribution in [0.1, 0.15) is 40.5 Å². The fourth-order valence-corrected chi connectivity index (χ4v) is 1.55. The largest absolute Gasteiger partial charge is 0.313 e. The summed E-state index contributed by atoms with van der Waals surface area (Å²) in [6.07, 6.45) is 2.45. The van der Waals surface area contributed by atoms with E-state index in [2.05, 4.69) is 52.0 Å². The minimum absolute atomic E-state index is 0.366. The molecular formula is C12H28N2. The maximum atomic E-state index is 3.64. The molecule has 0 aromatic heterocycles. The predicted octanol–water partition coefficient (Wildman–Crippen LogP) is 2.35. The standard InChI is InChI=1S/C12H28N2/c1-7-9-13-11(12(2,3)4)8-10-14(5)6/h11,13H,7-10H2,1-6H3. The van der Waals surface area contributed by atoms with Gasteiger partial charge in [-0.15, -0.1) is 0 Å². The van der Waals surface area contributed by atoms with Crippen molar-refractivity contribution in [3.8, 4) is 0 Å². The van der Waals surface area contributed by atoms with Crippen molar-refractivity contribution in [3.63, 3.8) is 0 Å². The first-order valence-corrected chi connectivity index (χ1v) is 5.76. The van der Waals surface area contributed by atoms with Crippen molar-refractivity contribution in [3.05, 3.63) is 0 Å². The van der Waals surface area contributed by atoms with E-state index in [9.17, 15) is 0 Å². The molecule has 1 N–H and O–H groups in total. The van der Waals surface area contributed by atoms with E-state index in [0.717, 1.165) is 6.54 Å². The van der Waals surface area contributed by atoms with Crippen molar-refractivity contribution >= 4 is 0 Å². The molecule has 0 aliphatic carbocycles. The summed E-state index contributed by atoms with van der Waals surface area (Å²) < 4.78 is 0. The monoisotopic (exact) mass is 200 g/mol. The van der Waals surface area contributed by atoms with E-state index in [1.165, 1.54) is 19.4 Å². The fraction of sp³-hybridized carbons (Fsp3) is 1.00. The lowest BCUT2D eigenvalue weighted by Gasteiger charge is -2.32. The van der Waals surface area contributed by atoms with Gasteiger partial charge < -0.3 is 10.2 Å². The van der Waals surface area contributed by atoms with Crippen LogP contribution >= 0.6 is 0 Å². The van der Waals surface area contributed by atoms with Crippen molar-refractivity contribution in [2.75, 3.05) is 27.2 Å². The van der Waals surface area contributed by atoms with Gasteiger partial charge in [0.05, 0.1) is 0 Å². The molecule has 0 amide bonds. The normalized spacial score (nSPS) is 14.8. The first-order chi connectivity index (χ1) is 6.38. The molecule has 14 heavy (non-hydrogen) atoms. The Kier molecular flexibility index (Phi) is 6.38. The highest BCUT2D eigenvalue weighted by atomic mass is 15.1. The highest BCUT2D eigenvalue weighted by molar-refractivity contribution is 4.80. The Balaban J connectivity index is 3.98. The third-order valence-corrected chi connectivity index (χ3v) is 2.55. The maximum absolute atomic E-state index is 3.64. The molecule has 0 aromatic rings. The minimum Gasteiger partial charge on any atom is -0.313 e. The van der Waals surface area contributed by atoms with Crippen LogP contribution in [-0.4, -0.2) is 38.1 Å². The maximum Gasteiger partial charge on any atom is 0.0128 e. The van der Waals surface area contributed by atoms with E-state index in [1.807, 2.05) is 0 Å². The van der Waals surface area contributed by atoms with Crippen LogP contribution in [0.2, 0.25) is 0 Å². The second-order valence-corrected chi connectivity index (χ2v) is 5.46. The Morgan fingerprint density at radius 3 is 2.14 bits per heavy atom. The molecule has 0 aliphatic heterocycles. The van der Waals surface area contributed by atoms with Crippen molar-refractivity contribution in [2.45, 2.75) is 46.6 Å². The van der Waals surface area contributed by atoms with Gasteiger partial charge >= 0.3 is 0 Å². The zero-order valence-corrected chi connectivity index (χ0v) is 10.9. The summed E-state index contributed by atoms with van der Waals surface area (Å²) in [5.74, 6) is 0. The summed E-state index contributed by atoms with van der Waals surface area (Å²) in [7, 11) is 4.28. The van der Waals surface area contributed by atoms with E-state index >= 15 is 0 Å². The van der Waals surface area contributed by atoms with Crippen LogP contribution in [0.3, 0.4) is 0 Å². The van der Waals surface area contributed by atoms with Crippen LogP contribution in [0, 0.1) is 5.41 Å². The summed E-state index contributed by atoms with van der Waals surface area (Å²) in [5, 5.41) is 3.64. The Hall–Kier alpha value is -0.0800. The van der Waals surface area contributed by atoms with Gasteiger partial charge in [-0.25, -0.2) is 0 Å². The van der Waals surface area contributed by atoms with E-state index in [1.54, 1.807) is 0 Å². The number of rotatable bonds is 6. The molecule has 0 aromatic carbocycles. The third-order valence-electron chi connectivity index (χ3n) is 2.55. The highest BCUT2D eigenvalue weighted by Gasteiger charge is 2.23. The zero-order valence-electron chi connectivity index (χ0n) is 10.9. The Morgan fingerprint density at radius 2 is 1.79 bits per heavy atom. The van der Waals surface area contributed by atoms with Gasteiger partial charge in [0, 0.05) is 6.04 Å². The average molecular weight is 200 g/mol. The lowest BCUT2D eigenvalue weighted by Crippen LogP contribution is -2.42. The van der Waals surface area contributed by atoms with Gasteiger partial charge in [0.1, 0.15) is 0 Å². The molecule has 2 heteroatoms. The van der Waals surface area contributed by atoms with Crippen LogP contribution < -0.4 is 5.32 Å². The average Bonchev–Trinajstić information content (AvgIpc) is 2.01. The smallest absolute Gasteiger partial charge is 0.0128 e. The molecule has 0 heterocycles. The van der Waals surface area contributed by atoms with Gasteiger partial charge in [0.15, 0.2) is 0 Å². The quantitative estimate of drug-likeness (QED) is 0.708. The van der Waals surface area contributed by atoms with Crippen LogP contribution in [0.15, 0.2) is 0 Å². The molecule has 0 rings (SSSR count). The van der Waals surface area contributed by atoms with Crippen molar-refractivity contribution in [2.24, 2.45) is 5.41 Å². The van der Waals surface area contributed by atoms with Crippen LogP contribution in [0.5, 0.6) is 0 Å². The van der Waals surface area contributed by atoms with E-state index in [0.29, 0.717) is 11.5 Å². The van der Waals surface area contributed by atoms with E-state index in [-0.39, 0.29) is 0 Å². The first kappa shape index (κ1) is 13.9. The Labute approximate surface area is 90.1 Å². The first-order valence-electron chi connectivity index (χ1n) is 5.76. The number of hydrogen-bond donors (Lipinski definition) is 1. The SMILES string of the molecule is CCCNC(CCN(C)C)C(C)(C)C. The summed E-state index contributed by atoms with van der Waals surface area (Å²) in [6.45, 7) is 11.5. The summed E-state index contributed by atoms with van der Waals surface area (Å²) >= 11 is 0. The second kappa shape index (κ2) is 6.41. The molecule has 1 atom stereocenters. The lowest BCUT2D eigenvalue weighted by molar-refractivity contribution is 0.233. The van der Waals surface area contributed by atoms with E-state index in [4.69, 9.17) is 0 Å². The topological polar surface area (TPSA) is 15.3 Å². The molecule has 0 fully saturated rings.